The van der Waals surface area contributed by atoms with Crippen LogP contribution in [0.3, 0.4) is 0 Å². The summed E-state index contributed by atoms with van der Waals surface area (Å²) in [5, 5.41) is 0. The Bertz CT molecular complexity index is 91.1. The van der Waals surface area contributed by atoms with E-state index in [-0.39, 0.29) is 4.87 Å². The summed E-state index contributed by atoms with van der Waals surface area (Å²) in [6.45, 7) is 9.20. The van der Waals surface area contributed by atoms with E-state index in [1.807, 2.05) is 19.1 Å². The molecule has 0 aromatic carbocycles. The first-order chi connectivity index (χ1) is 4.12. The van der Waals surface area contributed by atoms with Crippen molar-refractivity contribution in [2.75, 3.05) is 0 Å². The molecule has 0 saturated heterocycles. The van der Waals surface area contributed by atoms with Gasteiger partial charge in [-0.05, 0) is 19.8 Å². The highest BCUT2D eigenvalue weighted by Gasteiger charge is 2.15. The molecular formula is C8H13Cl. The van der Waals surface area contributed by atoms with Gasteiger partial charge in [-0.15, -0.1) is 24.8 Å². The molecule has 0 N–H and O–H groups in total. The molecule has 0 rings (SSSR count). The Hall–Kier alpha value is -0.230. The molecule has 0 fully saturated rings. The van der Waals surface area contributed by atoms with E-state index in [0.29, 0.717) is 0 Å². The van der Waals surface area contributed by atoms with Gasteiger partial charge in [0, 0.05) is 4.87 Å². The summed E-state index contributed by atoms with van der Waals surface area (Å²) in [7, 11) is 0. The van der Waals surface area contributed by atoms with Crippen LogP contribution in [0.25, 0.3) is 0 Å². The van der Waals surface area contributed by atoms with Crippen LogP contribution in [0.4, 0.5) is 0 Å². The Morgan fingerprint density at radius 3 is 1.89 bits per heavy atom. The van der Waals surface area contributed by atoms with Gasteiger partial charge < -0.3 is 0 Å². The van der Waals surface area contributed by atoms with Crippen LogP contribution in [-0.4, -0.2) is 4.87 Å². The van der Waals surface area contributed by atoms with Crippen molar-refractivity contribution in [2.24, 2.45) is 0 Å². The van der Waals surface area contributed by atoms with Crippen LogP contribution in [0, 0.1) is 0 Å². The van der Waals surface area contributed by atoms with Gasteiger partial charge in [-0.3, -0.25) is 0 Å². The monoisotopic (exact) mass is 144 g/mol. The summed E-state index contributed by atoms with van der Waals surface area (Å²) < 4.78 is 0. The van der Waals surface area contributed by atoms with Crippen molar-refractivity contribution in [1.82, 2.24) is 0 Å². The number of halogens is 1. The third kappa shape index (κ3) is 4.28. The molecule has 0 aliphatic carbocycles. The SMILES string of the molecule is C=CCC(C)(Cl)CC=C. The summed E-state index contributed by atoms with van der Waals surface area (Å²) in [6, 6.07) is 0. The smallest absolute Gasteiger partial charge is 0.0487 e. The minimum atomic E-state index is -0.163. The van der Waals surface area contributed by atoms with Gasteiger partial charge in [0.2, 0.25) is 0 Å². The Kier molecular flexibility index (Phi) is 3.64. The molecule has 0 aromatic heterocycles. The average Bonchev–Trinajstić information content (AvgIpc) is 1.64. The molecule has 0 unspecified atom stereocenters. The van der Waals surface area contributed by atoms with Gasteiger partial charge in [-0.2, -0.15) is 0 Å². The second-order valence-electron chi connectivity index (χ2n) is 2.40. The molecule has 0 aliphatic heterocycles. The van der Waals surface area contributed by atoms with Crippen molar-refractivity contribution in [3.05, 3.63) is 25.3 Å². The lowest BCUT2D eigenvalue weighted by molar-refractivity contribution is 0.651. The molecule has 0 nitrogen and oxygen atoms in total. The van der Waals surface area contributed by atoms with E-state index >= 15 is 0 Å². The summed E-state index contributed by atoms with van der Waals surface area (Å²) in [5.74, 6) is 0. The third-order valence-corrected chi connectivity index (χ3v) is 1.45. The minimum absolute atomic E-state index is 0.163. The van der Waals surface area contributed by atoms with Crippen molar-refractivity contribution in [1.29, 1.82) is 0 Å². The normalized spacial score (nSPS) is 10.9. The molecule has 0 spiro atoms. The molecule has 0 aliphatic rings. The van der Waals surface area contributed by atoms with E-state index in [0.717, 1.165) is 12.8 Å². The van der Waals surface area contributed by atoms with Gasteiger partial charge >= 0.3 is 0 Å². The van der Waals surface area contributed by atoms with E-state index in [1.54, 1.807) is 0 Å². The van der Waals surface area contributed by atoms with Crippen LogP contribution < -0.4 is 0 Å². The van der Waals surface area contributed by atoms with E-state index in [4.69, 9.17) is 11.6 Å². The first-order valence-corrected chi connectivity index (χ1v) is 3.41. The fourth-order valence-electron chi connectivity index (χ4n) is 0.685. The molecule has 1 heteroatoms. The van der Waals surface area contributed by atoms with Crippen molar-refractivity contribution < 1.29 is 0 Å². The average molecular weight is 145 g/mol. The highest BCUT2D eigenvalue weighted by molar-refractivity contribution is 6.23. The van der Waals surface area contributed by atoms with E-state index in [1.165, 1.54) is 0 Å². The maximum atomic E-state index is 5.99. The van der Waals surface area contributed by atoms with Crippen molar-refractivity contribution in [3.8, 4) is 0 Å². The maximum absolute atomic E-state index is 5.99. The maximum Gasteiger partial charge on any atom is 0.0487 e. The van der Waals surface area contributed by atoms with Crippen LogP contribution in [0.5, 0.6) is 0 Å². The highest BCUT2D eigenvalue weighted by Crippen LogP contribution is 2.23. The zero-order valence-corrected chi connectivity index (χ0v) is 6.62. The number of hydrogen-bond donors (Lipinski definition) is 0. The predicted octanol–water partition coefficient (Wildman–Crippen LogP) is 3.14. The van der Waals surface area contributed by atoms with E-state index in [2.05, 4.69) is 13.2 Å². The molecule has 0 heterocycles. The first-order valence-electron chi connectivity index (χ1n) is 3.03. The van der Waals surface area contributed by atoms with Crippen molar-refractivity contribution >= 4 is 11.6 Å². The van der Waals surface area contributed by atoms with Crippen LogP contribution >= 0.6 is 11.6 Å². The Labute approximate surface area is 62.2 Å². The third-order valence-electron chi connectivity index (χ3n) is 1.14. The summed E-state index contributed by atoms with van der Waals surface area (Å²) >= 11 is 5.99. The summed E-state index contributed by atoms with van der Waals surface area (Å²) in [5.41, 5.74) is 0. The van der Waals surface area contributed by atoms with Crippen molar-refractivity contribution in [2.45, 2.75) is 24.6 Å². The second kappa shape index (κ2) is 3.73. The quantitative estimate of drug-likeness (QED) is 0.420. The second-order valence-corrected chi connectivity index (χ2v) is 3.31. The minimum Gasteiger partial charge on any atom is -0.119 e. The van der Waals surface area contributed by atoms with Crippen LogP contribution in [-0.2, 0) is 0 Å². The zero-order chi connectivity index (χ0) is 7.33. The van der Waals surface area contributed by atoms with Crippen molar-refractivity contribution in [3.63, 3.8) is 0 Å². The molecule has 52 valence electrons. The molecule has 0 radical (unpaired) electrons. The summed E-state index contributed by atoms with van der Waals surface area (Å²) in [6.07, 6.45) is 5.33. The standard InChI is InChI=1S/C8H13Cl/c1-4-6-8(3,9)7-5-2/h4-5H,1-2,6-7H2,3H3. The van der Waals surface area contributed by atoms with Crippen LogP contribution in [0.1, 0.15) is 19.8 Å². The zero-order valence-electron chi connectivity index (χ0n) is 5.86. The molecule has 9 heavy (non-hydrogen) atoms. The Morgan fingerprint density at radius 2 is 1.67 bits per heavy atom. The number of allylic oxidation sites excluding steroid dienone is 2. The number of rotatable bonds is 4. The van der Waals surface area contributed by atoms with Crippen LogP contribution in [0.2, 0.25) is 0 Å². The molecule has 0 bridgehead atoms. The lowest BCUT2D eigenvalue weighted by Gasteiger charge is -2.16. The predicted molar refractivity (Wildman–Crippen MR) is 43.9 cm³/mol. The largest absolute Gasteiger partial charge is 0.119 e. The van der Waals surface area contributed by atoms with Gasteiger partial charge in [-0.1, -0.05) is 12.2 Å². The van der Waals surface area contributed by atoms with Gasteiger partial charge in [-0.25, -0.2) is 0 Å². The highest BCUT2D eigenvalue weighted by atomic mass is 35.5. The fraction of sp³-hybridized carbons (Fsp3) is 0.500. The van der Waals surface area contributed by atoms with Gasteiger partial charge in [0.25, 0.3) is 0 Å². The number of hydrogen-bond acceptors (Lipinski definition) is 0. The van der Waals surface area contributed by atoms with Gasteiger partial charge in [0.15, 0.2) is 0 Å². The Morgan fingerprint density at radius 1 is 1.33 bits per heavy atom. The van der Waals surface area contributed by atoms with Gasteiger partial charge in [0.1, 0.15) is 0 Å². The molecule has 0 amide bonds. The molecule has 0 atom stereocenters. The molecular weight excluding hydrogens is 132 g/mol. The van der Waals surface area contributed by atoms with E-state index in [9.17, 15) is 0 Å². The fourth-order valence-corrected chi connectivity index (χ4v) is 0.903. The lowest BCUT2D eigenvalue weighted by atomic mass is 10.0. The van der Waals surface area contributed by atoms with E-state index < -0.39 is 0 Å². The molecule has 0 aromatic rings. The lowest BCUT2D eigenvalue weighted by Crippen LogP contribution is -2.12. The molecule has 0 saturated carbocycles. The first kappa shape index (κ1) is 8.77. The Balaban J connectivity index is 3.68. The number of alkyl halides is 1. The topological polar surface area (TPSA) is 0 Å². The van der Waals surface area contributed by atoms with Gasteiger partial charge in [0.05, 0.1) is 0 Å². The van der Waals surface area contributed by atoms with Crippen LogP contribution in [0.15, 0.2) is 25.3 Å². The summed E-state index contributed by atoms with van der Waals surface area (Å²) in [4.78, 5) is -0.163.